The highest BCUT2D eigenvalue weighted by molar-refractivity contribution is 5.94. The van der Waals surface area contributed by atoms with Crippen LogP contribution in [0.4, 0.5) is 4.39 Å². The Hall–Kier alpha value is -4.30. The molecule has 1 fully saturated rings. The van der Waals surface area contributed by atoms with E-state index >= 15 is 0 Å². The monoisotopic (exact) mass is 530 g/mol. The third-order valence-electron chi connectivity index (χ3n) is 6.79. The Morgan fingerprint density at radius 3 is 2.87 bits per heavy atom. The van der Waals surface area contributed by atoms with Crippen LogP contribution in [0.5, 0.6) is 5.75 Å². The zero-order chi connectivity index (χ0) is 27.4. The minimum absolute atomic E-state index is 0.0462. The topological polar surface area (TPSA) is 125 Å². The molecule has 1 aromatic carbocycles. The molecule has 1 amide bonds. The molecular weight excluding hydrogens is 499 g/mol. The highest BCUT2D eigenvalue weighted by atomic mass is 19.1. The Morgan fingerprint density at radius 2 is 2.10 bits per heavy atom. The number of hydrogen-bond acceptors (Lipinski definition) is 7. The summed E-state index contributed by atoms with van der Waals surface area (Å²) in [5.41, 5.74) is 2.67. The minimum atomic E-state index is -0.504. The Balaban J connectivity index is 1.20. The van der Waals surface area contributed by atoms with Gasteiger partial charge in [-0.05, 0) is 44.9 Å². The molecule has 0 radical (unpaired) electrons. The van der Waals surface area contributed by atoms with Gasteiger partial charge in [0.05, 0.1) is 30.4 Å². The number of likely N-dealkylation sites (tertiary alicyclic amines) is 1. The second-order valence-corrected chi connectivity index (χ2v) is 10.1. The van der Waals surface area contributed by atoms with Crippen molar-refractivity contribution in [3.05, 3.63) is 60.6 Å². The summed E-state index contributed by atoms with van der Waals surface area (Å²) in [5, 5.41) is 17.7. The third-order valence-corrected chi connectivity index (χ3v) is 6.79. The quantitative estimate of drug-likeness (QED) is 0.334. The van der Waals surface area contributed by atoms with Crippen molar-refractivity contribution in [2.45, 2.75) is 51.3 Å². The van der Waals surface area contributed by atoms with E-state index in [2.05, 4.69) is 36.3 Å². The van der Waals surface area contributed by atoms with Crippen LogP contribution in [0, 0.1) is 17.1 Å². The van der Waals surface area contributed by atoms with Crippen molar-refractivity contribution in [3.8, 4) is 23.1 Å². The molecule has 11 heteroatoms. The molecule has 4 aromatic rings. The molecule has 5 rings (SSSR count). The summed E-state index contributed by atoms with van der Waals surface area (Å²) in [7, 11) is 0. The third kappa shape index (κ3) is 6.23. The van der Waals surface area contributed by atoms with Gasteiger partial charge < -0.3 is 19.9 Å². The van der Waals surface area contributed by atoms with E-state index in [9.17, 15) is 14.4 Å². The van der Waals surface area contributed by atoms with Crippen LogP contribution >= 0.6 is 0 Å². The molecular formula is C28H31FN8O2. The van der Waals surface area contributed by atoms with Crippen molar-refractivity contribution in [3.63, 3.8) is 0 Å². The van der Waals surface area contributed by atoms with E-state index in [0.29, 0.717) is 18.7 Å². The summed E-state index contributed by atoms with van der Waals surface area (Å²) in [6.07, 6.45) is 8.80. The van der Waals surface area contributed by atoms with Crippen molar-refractivity contribution in [2.75, 3.05) is 19.6 Å². The van der Waals surface area contributed by atoms with Gasteiger partial charge in [-0.2, -0.15) is 10.4 Å². The van der Waals surface area contributed by atoms with Crippen LogP contribution in [-0.2, 0) is 0 Å². The first kappa shape index (κ1) is 26.3. The molecule has 0 aliphatic carbocycles. The Kier molecular flexibility index (Phi) is 7.84. The van der Waals surface area contributed by atoms with Crippen molar-refractivity contribution in [1.29, 1.82) is 5.26 Å². The molecule has 202 valence electrons. The maximum Gasteiger partial charge on any atom is 0.251 e. The number of benzene rings is 1. The first-order valence-electron chi connectivity index (χ1n) is 13.1. The number of hydrogen-bond donors (Lipinski definition) is 2. The summed E-state index contributed by atoms with van der Waals surface area (Å²) < 4.78 is 22.1. The first-order chi connectivity index (χ1) is 18.9. The number of H-pyrrole nitrogens is 1. The highest BCUT2D eigenvalue weighted by Gasteiger charge is 2.25. The van der Waals surface area contributed by atoms with E-state index in [0.717, 1.165) is 48.2 Å². The smallest absolute Gasteiger partial charge is 0.251 e. The lowest BCUT2D eigenvalue weighted by molar-refractivity contribution is 0.0897. The largest absolute Gasteiger partial charge is 0.490 e. The molecule has 39 heavy (non-hydrogen) atoms. The number of aromatic nitrogens is 5. The Morgan fingerprint density at radius 1 is 1.28 bits per heavy atom. The molecule has 0 saturated carbocycles. The lowest BCUT2D eigenvalue weighted by Gasteiger charge is -2.34. The molecule has 1 atom stereocenters. The summed E-state index contributed by atoms with van der Waals surface area (Å²) >= 11 is 0. The van der Waals surface area contributed by atoms with Gasteiger partial charge in [0, 0.05) is 60.6 Å². The zero-order valence-electron chi connectivity index (χ0n) is 22.0. The number of amides is 1. The lowest BCUT2D eigenvalue weighted by atomic mass is 10.1. The molecule has 3 aromatic heterocycles. The second-order valence-electron chi connectivity index (χ2n) is 10.1. The summed E-state index contributed by atoms with van der Waals surface area (Å²) in [5.74, 6) is -0.474. The predicted molar refractivity (Wildman–Crippen MR) is 143 cm³/mol. The van der Waals surface area contributed by atoms with Crippen LogP contribution in [0.2, 0.25) is 0 Å². The van der Waals surface area contributed by atoms with Gasteiger partial charge in [-0.1, -0.05) is 0 Å². The summed E-state index contributed by atoms with van der Waals surface area (Å²) in [4.78, 5) is 26.4. The van der Waals surface area contributed by atoms with Crippen LogP contribution in [0.25, 0.3) is 22.3 Å². The normalized spacial score (nSPS) is 15.4. The zero-order valence-corrected chi connectivity index (χ0v) is 22.0. The van der Waals surface area contributed by atoms with Gasteiger partial charge in [0.15, 0.2) is 0 Å². The Bertz CT molecular complexity index is 1480. The number of fused-ring (bicyclic) bond motifs is 1. The van der Waals surface area contributed by atoms with Gasteiger partial charge in [0.1, 0.15) is 29.6 Å². The maximum atomic E-state index is 14.2. The SMILES string of the molecule is CC(C)NC(=O)c1cc(F)cc(OC2CCN(CC(CC#N)n3cc(-c4ncnc5[nH]ccc45)cn3)CC2)c1. The molecule has 10 nitrogen and oxygen atoms in total. The van der Waals surface area contributed by atoms with Gasteiger partial charge >= 0.3 is 0 Å². The molecule has 1 aliphatic heterocycles. The van der Waals surface area contributed by atoms with Crippen LogP contribution in [0.15, 0.2) is 49.2 Å². The van der Waals surface area contributed by atoms with Crippen LogP contribution in [0.1, 0.15) is 49.5 Å². The molecule has 1 aliphatic rings. The van der Waals surface area contributed by atoms with Gasteiger partial charge in [0.25, 0.3) is 5.91 Å². The fraction of sp³-hybridized carbons (Fsp3) is 0.393. The predicted octanol–water partition coefficient (Wildman–Crippen LogP) is 4.10. The number of carbonyl (C=O) groups excluding carboxylic acids is 1. The van der Waals surface area contributed by atoms with Crippen molar-refractivity contribution >= 4 is 16.9 Å². The lowest BCUT2D eigenvalue weighted by Crippen LogP contribution is -2.41. The van der Waals surface area contributed by atoms with Crippen LogP contribution in [0.3, 0.4) is 0 Å². The number of rotatable bonds is 9. The number of nitrogens with zero attached hydrogens (tertiary/aromatic N) is 6. The van der Waals surface area contributed by atoms with Crippen molar-refractivity contribution in [1.82, 2.24) is 34.9 Å². The average Bonchev–Trinajstić information content (AvgIpc) is 3.59. The molecule has 1 saturated heterocycles. The Labute approximate surface area is 225 Å². The van der Waals surface area contributed by atoms with Gasteiger partial charge in [-0.3, -0.25) is 9.48 Å². The van der Waals surface area contributed by atoms with E-state index in [1.165, 1.54) is 18.5 Å². The average molecular weight is 531 g/mol. The number of nitrogens with one attached hydrogen (secondary N) is 2. The van der Waals surface area contributed by atoms with Crippen LogP contribution < -0.4 is 10.1 Å². The van der Waals surface area contributed by atoms with E-state index < -0.39 is 5.82 Å². The number of halogens is 1. The van der Waals surface area contributed by atoms with E-state index in [1.54, 1.807) is 12.3 Å². The number of ether oxygens (including phenoxy) is 1. The molecule has 0 spiro atoms. The van der Waals surface area contributed by atoms with Gasteiger partial charge in [-0.25, -0.2) is 14.4 Å². The summed E-state index contributed by atoms with van der Waals surface area (Å²) in [6, 6.07) is 8.19. The van der Waals surface area contributed by atoms with E-state index in [1.807, 2.05) is 37.0 Å². The van der Waals surface area contributed by atoms with E-state index in [4.69, 9.17) is 4.74 Å². The minimum Gasteiger partial charge on any atom is -0.490 e. The number of nitriles is 1. The number of piperidine rings is 1. The van der Waals surface area contributed by atoms with Crippen LogP contribution in [-0.4, -0.2) is 67.3 Å². The van der Waals surface area contributed by atoms with Gasteiger partial charge in [0.2, 0.25) is 0 Å². The number of carbonyl (C=O) groups is 1. The van der Waals surface area contributed by atoms with E-state index in [-0.39, 0.29) is 29.7 Å². The molecule has 1 unspecified atom stereocenters. The highest BCUT2D eigenvalue weighted by Crippen LogP contribution is 2.27. The summed E-state index contributed by atoms with van der Waals surface area (Å²) in [6.45, 7) is 5.92. The molecule has 4 heterocycles. The van der Waals surface area contributed by atoms with Crippen molar-refractivity contribution in [2.24, 2.45) is 0 Å². The standard InChI is InChI=1S/C28H31FN8O2/c1-18(2)35-28(38)19-11-21(29)13-24(12-19)39-23-5-9-36(10-6-23)16-22(3-7-30)37-15-20(14-34-37)26-25-4-8-31-27(25)33-17-32-26/h4,8,11-15,17-18,22-23H,3,5-6,9-10,16H2,1-2H3,(H,35,38)(H,31,32,33). The second kappa shape index (κ2) is 11.6. The number of aromatic amines is 1. The molecule has 0 bridgehead atoms. The molecule has 2 N–H and O–H groups in total. The first-order valence-corrected chi connectivity index (χ1v) is 13.1. The maximum absolute atomic E-state index is 14.2. The fourth-order valence-corrected chi connectivity index (χ4v) is 4.92. The van der Waals surface area contributed by atoms with Gasteiger partial charge in [-0.15, -0.1) is 0 Å². The van der Waals surface area contributed by atoms with Crippen molar-refractivity contribution < 1.29 is 13.9 Å². The fourth-order valence-electron chi connectivity index (χ4n) is 4.92.